The molecule has 0 spiro atoms. The van der Waals surface area contributed by atoms with Gasteiger partial charge in [-0.05, 0) is 43.5 Å². The minimum Gasteiger partial charge on any atom is -0.316 e. The van der Waals surface area contributed by atoms with E-state index in [1.165, 1.54) is 16.0 Å². The van der Waals surface area contributed by atoms with Gasteiger partial charge in [0.15, 0.2) is 0 Å². The van der Waals surface area contributed by atoms with Crippen molar-refractivity contribution >= 4 is 11.3 Å². The normalized spacial score (nSPS) is 11.4. The first-order valence-electron chi connectivity index (χ1n) is 7.18. The van der Waals surface area contributed by atoms with Gasteiger partial charge in [0.25, 0.3) is 0 Å². The Kier molecular flexibility index (Phi) is 5.77. The Labute approximate surface area is 126 Å². The average molecular weight is 288 g/mol. The highest BCUT2D eigenvalue weighted by atomic mass is 32.1. The second-order valence-electron chi connectivity index (χ2n) is 5.43. The van der Waals surface area contributed by atoms with Gasteiger partial charge in [-0.25, -0.2) is 0 Å². The van der Waals surface area contributed by atoms with Crippen molar-refractivity contribution < 1.29 is 0 Å². The first kappa shape index (κ1) is 15.2. The van der Waals surface area contributed by atoms with Crippen LogP contribution in [0.5, 0.6) is 0 Å². The second kappa shape index (κ2) is 7.58. The third-order valence-corrected chi connectivity index (χ3v) is 4.29. The van der Waals surface area contributed by atoms with Crippen LogP contribution < -0.4 is 5.32 Å². The molecule has 0 unspecified atom stereocenters. The lowest BCUT2D eigenvalue weighted by molar-refractivity contribution is 0.205. The summed E-state index contributed by atoms with van der Waals surface area (Å²) in [5.74, 6) is 0. The summed E-state index contributed by atoms with van der Waals surface area (Å²) in [7, 11) is 1.99. The zero-order valence-electron chi connectivity index (χ0n) is 12.6. The van der Waals surface area contributed by atoms with Crippen LogP contribution in [0, 0.1) is 0 Å². The molecule has 1 heterocycles. The summed E-state index contributed by atoms with van der Waals surface area (Å²) in [4.78, 5) is 3.95. The van der Waals surface area contributed by atoms with E-state index in [1.807, 2.05) is 18.4 Å². The predicted octanol–water partition coefficient (Wildman–Crippen LogP) is 3.88. The molecule has 3 heteroatoms. The zero-order chi connectivity index (χ0) is 14.4. The Bertz CT molecular complexity index is 505. The van der Waals surface area contributed by atoms with Crippen molar-refractivity contribution in [3.8, 4) is 0 Å². The van der Waals surface area contributed by atoms with Crippen molar-refractivity contribution in [1.29, 1.82) is 0 Å². The van der Waals surface area contributed by atoms with Gasteiger partial charge >= 0.3 is 0 Å². The van der Waals surface area contributed by atoms with E-state index in [1.54, 1.807) is 0 Å². The van der Waals surface area contributed by atoms with Crippen LogP contribution in [0.15, 0.2) is 41.8 Å². The second-order valence-corrected chi connectivity index (χ2v) is 6.46. The van der Waals surface area contributed by atoms with Gasteiger partial charge in [0.05, 0.1) is 0 Å². The molecule has 0 bridgehead atoms. The van der Waals surface area contributed by atoms with E-state index in [0.29, 0.717) is 6.04 Å². The molecule has 108 valence electrons. The van der Waals surface area contributed by atoms with Crippen LogP contribution in [0.1, 0.15) is 29.9 Å². The smallest absolute Gasteiger partial charge is 0.0334 e. The number of benzene rings is 1. The van der Waals surface area contributed by atoms with E-state index in [0.717, 1.165) is 19.6 Å². The van der Waals surface area contributed by atoms with Gasteiger partial charge in [-0.1, -0.05) is 30.3 Å². The number of thiophene rings is 1. The monoisotopic (exact) mass is 288 g/mol. The van der Waals surface area contributed by atoms with Gasteiger partial charge in [-0.2, -0.15) is 0 Å². The highest BCUT2D eigenvalue weighted by Gasteiger charge is 2.11. The van der Waals surface area contributed by atoms with Crippen molar-refractivity contribution in [1.82, 2.24) is 10.2 Å². The highest BCUT2D eigenvalue weighted by molar-refractivity contribution is 7.09. The van der Waals surface area contributed by atoms with Gasteiger partial charge < -0.3 is 5.32 Å². The molecule has 0 amide bonds. The fourth-order valence-corrected chi connectivity index (χ4v) is 3.03. The maximum Gasteiger partial charge on any atom is 0.0334 e. The number of hydrogen-bond donors (Lipinski definition) is 1. The van der Waals surface area contributed by atoms with E-state index in [-0.39, 0.29) is 0 Å². The van der Waals surface area contributed by atoms with E-state index in [2.05, 4.69) is 65.8 Å². The van der Waals surface area contributed by atoms with Crippen LogP contribution in [0.2, 0.25) is 0 Å². The molecule has 0 atom stereocenters. The molecule has 1 aromatic heterocycles. The summed E-state index contributed by atoms with van der Waals surface area (Å²) in [5.41, 5.74) is 2.74. The topological polar surface area (TPSA) is 15.3 Å². The van der Waals surface area contributed by atoms with E-state index >= 15 is 0 Å². The third-order valence-electron chi connectivity index (χ3n) is 3.43. The first-order valence-corrected chi connectivity index (χ1v) is 8.06. The molecule has 2 aromatic rings. The summed E-state index contributed by atoms with van der Waals surface area (Å²) in [6.45, 7) is 7.51. The Morgan fingerprint density at radius 2 is 1.90 bits per heavy atom. The molecule has 2 nitrogen and oxygen atoms in total. The van der Waals surface area contributed by atoms with Crippen molar-refractivity contribution in [2.75, 3.05) is 7.05 Å². The number of nitrogens with zero attached hydrogens (tertiary/aromatic N) is 1. The number of nitrogens with one attached hydrogen (secondary N) is 1. The fourth-order valence-electron chi connectivity index (χ4n) is 2.30. The molecule has 0 saturated heterocycles. The van der Waals surface area contributed by atoms with E-state index < -0.39 is 0 Å². The molecule has 1 aromatic carbocycles. The number of hydrogen-bond acceptors (Lipinski definition) is 3. The molecule has 0 aliphatic rings. The predicted molar refractivity (Wildman–Crippen MR) is 87.9 cm³/mol. The van der Waals surface area contributed by atoms with Crippen LogP contribution in [0.3, 0.4) is 0 Å². The Morgan fingerprint density at radius 1 is 1.10 bits per heavy atom. The van der Waals surface area contributed by atoms with Crippen LogP contribution in [-0.4, -0.2) is 18.0 Å². The van der Waals surface area contributed by atoms with Gasteiger partial charge in [-0.3, -0.25) is 4.90 Å². The molecule has 0 saturated carbocycles. The van der Waals surface area contributed by atoms with Crippen LogP contribution in [0.25, 0.3) is 0 Å². The lowest BCUT2D eigenvalue weighted by Crippen LogP contribution is -2.29. The molecular formula is C17H24N2S. The summed E-state index contributed by atoms with van der Waals surface area (Å²) in [6.07, 6.45) is 0. The molecule has 20 heavy (non-hydrogen) atoms. The molecule has 2 rings (SSSR count). The largest absolute Gasteiger partial charge is 0.316 e. The quantitative estimate of drug-likeness (QED) is 0.832. The molecular weight excluding hydrogens is 264 g/mol. The molecule has 0 fully saturated rings. The van der Waals surface area contributed by atoms with Gasteiger partial charge in [-0.15, -0.1) is 11.3 Å². The van der Waals surface area contributed by atoms with Gasteiger partial charge in [0.1, 0.15) is 0 Å². The van der Waals surface area contributed by atoms with E-state index in [4.69, 9.17) is 0 Å². The van der Waals surface area contributed by atoms with E-state index in [9.17, 15) is 0 Å². The first-order chi connectivity index (χ1) is 9.69. The standard InChI is InChI=1S/C17H24N2S/c1-14(2)19(13-17-8-5-9-20-17)12-16-7-4-6-15(10-16)11-18-3/h4-10,14,18H,11-13H2,1-3H3. The Balaban J connectivity index is 2.05. The Morgan fingerprint density at radius 3 is 2.55 bits per heavy atom. The minimum absolute atomic E-state index is 0.546. The summed E-state index contributed by atoms with van der Waals surface area (Å²) in [6, 6.07) is 13.8. The van der Waals surface area contributed by atoms with Crippen molar-refractivity contribution in [3.05, 3.63) is 57.8 Å². The summed E-state index contributed by atoms with van der Waals surface area (Å²) < 4.78 is 0. The summed E-state index contributed by atoms with van der Waals surface area (Å²) >= 11 is 1.84. The van der Waals surface area contributed by atoms with Crippen molar-refractivity contribution in [2.45, 2.75) is 39.5 Å². The molecule has 0 radical (unpaired) electrons. The lowest BCUT2D eigenvalue weighted by atomic mass is 10.1. The maximum atomic E-state index is 3.21. The zero-order valence-corrected chi connectivity index (χ0v) is 13.4. The van der Waals surface area contributed by atoms with Crippen LogP contribution in [-0.2, 0) is 19.6 Å². The van der Waals surface area contributed by atoms with Crippen molar-refractivity contribution in [3.63, 3.8) is 0 Å². The SMILES string of the molecule is CNCc1cccc(CN(Cc2cccs2)C(C)C)c1. The molecule has 1 N–H and O–H groups in total. The van der Waals surface area contributed by atoms with Crippen molar-refractivity contribution in [2.24, 2.45) is 0 Å². The lowest BCUT2D eigenvalue weighted by Gasteiger charge is -2.26. The minimum atomic E-state index is 0.546. The summed E-state index contributed by atoms with van der Waals surface area (Å²) in [5, 5.41) is 5.37. The third kappa shape index (κ3) is 4.44. The van der Waals surface area contributed by atoms with Gasteiger partial charge in [0.2, 0.25) is 0 Å². The van der Waals surface area contributed by atoms with Gasteiger partial charge in [0, 0.05) is 30.6 Å². The molecule has 0 aliphatic heterocycles. The Hall–Kier alpha value is -1.16. The fraction of sp³-hybridized carbons (Fsp3) is 0.412. The average Bonchev–Trinajstić information content (AvgIpc) is 2.92. The molecule has 0 aliphatic carbocycles. The van der Waals surface area contributed by atoms with Crippen LogP contribution in [0.4, 0.5) is 0 Å². The maximum absolute atomic E-state index is 3.21. The number of rotatable bonds is 7. The highest BCUT2D eigenvalue weighted by Crippen LogP contribution is 2.17. The van der Waals surface area contributed by atoms with Crippen LogP contribution >= 0.6 is 11.3 Å².